The van der Waals surface area contributed by atoms with Crippen molar-refractivity contribution in [2.45, 2.75) is 26.7 Å². The molecule has 0 radical (unpaired) electrons. The Balaban J connectivity index is 2.24. The summed E-state index contributed by atoms with van der Waals surface area (Å²) in [6.07, 6.45) is 3.31. The van der Waals surface area contributed by atoms with E-state index < -0.39 is 4.92 Å². The van der Waals surface area contributed by atoms with E-state index in [2.05, 4.69) is 22.2 Å². The molecule has 0 saturated heterocycles. The van der Waals surface area contributed by atoms with Gasteiger partial charge in [-0.15, -0.1) is 0 Å². The number of aromatic nitrogens is 2. The molecule has 0 aliphatic heterocycles. The van der Waals surface area contributed by atoms with E-state index in [1.807, 2.05) is 6.92 Å². The minimum Gasteiger partial charge on any atom is -0.494 e. The number of hydrogen-bond acceptors (Lipinski definition) is 8. The third kappa shape index (κ3) is 5.52. The number of aliphatic hydroxyl groups excluding tert-OH is 1. The summed E-state index contributed by atoms with van der Waals surface area (Å²) in [7, 11) is 0. The first-order valence-corrected chi connectivity index (χ1v) is 8.95. The average Bonchev–Trinajstić information content (AvgIpc) is 2.67. The molecule has 146 valence electrons. The van der Waals surface area contributed by atoms with Crippen molar-refractivity contribution in [3.63, 3.8) is 0 Å². The van der Waals surface area contributed by atoms with Gasteiger partial charge in [-0.1, -0.05) is 13.3 Å². The fraction of sp³-hybridized carbons (Fsp3) is 0.444. The quantitative estimate of drug-likeness (QED) is 0.350. The molecule has 2 aromatic rings. The van der Waals surface area contributed by atoms with Crippen molar-refractivity contribution < 1.29 is 14.8 Å². The number of unbranched alkanes of at least 4 members (excludes halogenated alkanes) is 1. The van der Waals surface area contributed by atoms with E-state index >= 15 is 0 Å². The van der Waals surface area contributed by atoms with Crippen LogP contribution in [0.2, 0.25) is 0 Å². The molecule has 0 atom stereocenters. The second kappa shape index (κ2) is 10.3. The first-order valence-electron chi connectivity index (χ1n) is 8.95. The Kier molecular flexibility index (Phi) is 7.75. The number of ether oxygens (including phenoxy) is 1. The Bertz CT molecular complexity index is 739. The van der Waals surface area contributed by atoms with Crippen LogP contribution < -0.4 is 15.0 Å². The monoisotopic (exact) mass is 375 g/mol. The second-order valence-electron chi connectivity index (χ2n) is 5.81. The lowest BCUT2D eigenvalue weighted by Crippen LogP contribution is -2.28. The zero-order valence-electron chi connectivity index (χ0n) is 15.6. The molecule has 0 aliphatic rings. The Hall–Kier alpha value is -2.94. The summed E-state index contributed by atoms with van der Waals surface area (Å²) in [5.74, 6) is 1.02. The summed E-state index contributed by atoms with van der Waals surface area (Å²) in [6.45, 7) is 5.18. The summed E-state index contributed by atoms with van der Waals surface area (Å²) < 4.78 is 5.61. The van der Waals surface area contributed by atoms with E-state index in [-0.39, 0.29) is 30.5 Å². The third-order valence-corrected chi connectivity index (χ3v) is 3.92. The number of rotatable bonds is 11. The summed E-state index contributed by atoms with van der Waals surface area (Å²) in [4.78, 5) is 20.8. The number of benzene rings is 1. The number of hydrogen-bond donors (Lipinski definition) is 2. The van der Waals surface area contributed by atoms with Gasteiger partial charge in [0.15, 0.2) is 0 Å². The molecule has 0 amide bonds. The van der Waals surface area contributed by atoms with Crippen molar-refractivity contribution in [2.75, 3.05) is 36.5 Å². The minimum atomic E-state index is -0.514. The summed E-state index contributed by atoms with van der Waals surface area (Å²) in [5.41, 5.74) is 0.423. The van der Waals surface area contributed by atoms with E-state index in [1.54, 1.807) is 29.2 Å². The zero-order chi connectivity index (χ0) is 19.6. The molecule has 1 aromatic heterocycles. The van der Waals surface area contributed by atoms with E-state index in [0.29, 0.717) is 18.8 Å². The van der Waals surface area contributed by atoms with Crippen LogP contribution in [-0.4, -0.2) is 46.3 Å². The number of nitro groups is 1. The molecule has 2 rings (SSSR count). The average molecular weight is 375 g/mol. The molecular weight excluding hydrogens is 350 g/mol. The molecule has 2 N–H and O–H groups in total. The lowest BCUT2D eigenvalue weighted by atomic mass is 10.3. The van der Waals surface area contributed by atoms with Crippen LogP contribution in [0, 0.1) is 10.1 Å². The van der Waals surface area contributed by atoms with Crippen LogP contribution in [0.15, 0.2) is 30.6 Å². The molecular formula is C18H25N5O4. The standard InChI is InChI=1S/C18H25N5O4/c1-3-5-12-27-15-8-6-14(7-9-15)21-17-16(23(25)26)18(20-13-19-17)22(4-2)10-11-24/h6-9,13,24H,3-5,10-12H2,1-2H3,(H,19,20,21). The van der Waals surface area contributed by atoms with E-state index in [1.165, 1.54) is 6.33 Å². The number of likely N-dealkylation sites (N-methyl/N-ethyl adjacent to an activating group) is 1. The first kappa shape index (κ1) is 20.4. The predicted octanol–water partition coefficient (Wildman–Crippen LogP) is 3.13. The number of anilines is 3. The molecule has 1 heterocycles. The van der Waals surface area contributed by atoms with Crippen LogP contribution in [0.5, 0.6) is 5.75 Å². The van der Waals surface area contributed by atoms with Crippen LogP contribution in [-0.2, 0) is 0 Å². The van der Waals surface area contributed by atoms with E-state index in [0.717, 1.165) is 18.6 Å². The molecule has 0 fully saturated rings. The van der Waals surface area contributed by atoms with Crippen LogP contribution in [0.3, 0.4) is 0 Å². The zero-order valence-corrected chi connectivity index (χ0v) is 15.6. The van der Waals surface area contributed by atoms with Gasteiger partial charge in [0.2, 0.25) is 11.6 Å². The highest BCUT2D eigenvalue weighted by atomic mass is 16.6. The van der Waals surface area contributed by atoms with Gasteiger partial charge in [-0.3, -0.25) is 10.1 Å². The maximum absolute atomic E-state index is 11.6. The van der Waals surface area contributed by atoms with Crippen molar-refractivity contribution in [1.82, 2.24) is 9.97 Å². The third-order valence-electron chi connectivity index (χ3n) is 3.92. The highest BCUT2D eigenvalue weighted by Crippen LogP contribution is 2.33. The highest BCUT2D eigenvalue weighted by molar-refractivity contribution is 5.74. The highest BCUT2D eigenvalue weighted by Gasteiger charge is 2.26. The molecule has 1 aromatic carbocycles. The Morgan fingerprint density at radius 3 is 2.59 bits per heavy atom. The van der Waals surface area contributed by atoms with Gasteiger partial charge in [-0.05, 0) is 37.6 Å². The van der Waals surface area contributed by atoms with Crippen molar-refractivity contribution in [2.24, 2.45) is 0 Å². The number of aliphatic hydroxyl groups is 1. The van der Waals surface area contributed by atoms with Crippen molar-refractivity contribution in [1.29, 1.82) is 0 Å². The van der Waals surface area contributed by atoms with Crippen LogP contribution in [0.25, 0.3) is 0 Å². The van der Waals surface area contributed by atoms with Gasteiger partial charge in [0, 0.05) is 18.8 Å². The summed E-state index contributed by atoms with van der Waals surface area (Å²) in [5, 5.41) is 23.8. The van der Waals surface area contributed by atoms with Crippen LogP contribution in [0.1, 0.15) is 26.7 Å². The molecule has 0 saturated carbocycles. The van der Waals surface area contributed by atoms with Crippen molar-refractivity contribution in [3.8, 4) is 5.75 Å². The maximum atomic E-state index is 11.6. The molecule has 0 aliphatic carbocycles. The minimum absolute atomic E-state index is 0.0982. The molecule has 0 spiro atoms. The lowest BCUT2D eigenvalue weighted by Gasteiger charge is -2.21. The topological polar surface area (TPSA) is 114 Å². The summed E-state index contributed by atoms with van der Waals surface area (Å²) in [6, 6.07) is 7.16. The lowest BCUT2D eigenvalue weighted by molar-refractivity contribution is -0.383. The van der Waals surface area contributed by atoms with Crippen LogP contribution in [0.4, 0.5) is 23.0 Å². The van der Waals surface area contributed by atoms with Gasteiger partial charge in [-0.2, -0.15) is 0 Å². The van der Waals surface area contributed by atoms with Gasteiger partial charge in [0.1, 0.15) is 12.1 Å². The number of nitrogens with zero attached hydrogens (tertiary/aromatic N) is 4. The van der Waals surface area contributed by atoms with Gasteiger partial charge >= 0.3 is 5.69 Å². The van der Waals surface area contributed by atoms with Crippen LogP contribution >= 0.6 is 0 Å². The maximum Gasteiger partial charge on any atom is 0.353 e. The summed E-state index contributed by atoms with van der Waals surface area (Å²) >= 11 is 0. The molecule has 9 nitrogen and oxygen atoms in total. The normalized spacial score (nSPS) is 10.5. The molecule has 0 bridgehead atoms. The second-order valence-corrected chi connectivity index (χ2v) is 5.81. The Morgan fingerprint density at radius 1 is 1.26 bits per heavy atom. The van der Waals surface area contributed by atoms with E-state index in [4.69, 9.17) is 4.74 Å². The first-order chi connectivity index (χ1) is 13.1. The van der Waals surface area contributed by atoms with Gasteiger partial charge in [0.25, 0.3) is 0 Å². The fourth-order valence-electron chi connectivity index (χ4n) is 2.50. The molecule has 9 heteroatoms. The Morgan fingerprint density at radius 2 is 2.00 bits per heavy atom. The largest absolute Gasteiger partial charge is 0.494 e. The fourth-order valence-corrected chi connectivity index (χ4v) is 2.50. The van der Waals surface area contributed by atoms with Crippen molar-refractivity contribution in [3.05, 3.63) is 40.7 Å². The van der Waals surface area contributed by atoms with E-state index in [9.17, 15) is 15.2 Å². The van der Waals surface area contributed by atoms with Gasteiger partial charge in [0.05, 0.1) is 18.1 Å². The van der Waals surface area contributed by atoms with Gasteiger partial charge in [-0.25, -0.2) is 9.97 Å². The number of nitrogens with one attached hydrogen (secondary N) is 1. The predicted molar refractivity (Wildman–Crippen MR) is 104 cm³/mol. The Labute approximate surface area is 158 Å². The van der Waals surface area contributed by atoms with Crippen molar-refractivity contribution >= 4 is 23.0 Å². The smallest absolute Gasteiger partial charge is 0.353 e. The molecule has 27 heavy (non-hydrogen) atoms. The molecule has 0 unspecified atom stereocenters. The SMILES string of the molecule is CCCCOc1ccc(Nc2ncnc(N(CC)CCO)c2[N+](=O)[O-])cc1. The van der Waals surface area contributed by atoms with Gasteiger partial charge < -0.3 is 20.1 Å².